The van der Waals surface area contributed by atoms with E-state index in [1.54, 1.807) is 0 Å². The van der Waals surface area contributed by atoms with Crippen molar-refractivity contribution in [1.82, 2.24) is 9.97 Å². The van der Waals surface area contributed by atoms with Gasteiger partial charge in [0.1, 0.15) is 12.2 Å². The molecular formula is C21H22N2O2. The molecule has 4 nitrogen and oxygen atoms in total. The van der Waals surface area contributed by atoms with Crippen molar-refractivity contribution in [3.05, 3.63) is 66.5 Å². The zero-order valence-corrected chi connectivity index (χ0v) is 14.5. The van der Waals surface area contributed by atoms with E-state index in [2.05, 4.69) is 9.97 Å². The fourth-order valence-electron chi connectivity index (χ4n) is 2.57. The Kier molecular flexibility index (Phi) is 5.29. The predicted octanol–water partition coefficient (Wildman–Crippen LogP) is 4.49. The van der Waals surface area contributed by atoms with E-state index in [0.717, 1.165) is 22.5 Å². The molecule has 1 heterocycles. The average Bonchev–Trinajstić information content (AvgIpc) is 3.05. The number of H-pyrrole nitrogens is 1. The number of aromatic amines is 1. The van der Waals surface area contributed by atoms with Gasteiger partial charge in [0.25, 0.3) is 0 Å². The van der Waals surface area contributed by atoms with Crippen LogP contribution < -0.4 is 0 Å². The summed E-state index contributed by atoms with van der Waals surface area (Å²) in [6.07, 6.45) is 0.138. The first-order valence-corrected chi connectivity index (χ1v) is 8.49. The summed E-state index contributed by atoms with van der Waals surface area (Å²) in [5.41, 5.74) is 3.81. The smallest absolute Gasteiger partial charge is 0.313 e. The maximum atomic E-state index is 12.0. The van der Waals surface area contributed by atoms with Gasteiger partial charge < -0.3 is 9.72 Å². The first kappa shape index (κ1) is 17.0. The molecule has 0 saturated carbocycles. The number of nitrogens with zero attached hydrogens (tertiary/aromatic N) is 1. The number of rotatable bonds is 6. The van der Waals surface area contributed by atoms with Crippen molar-refractivity contribution in [3.63, 3.8) is 0 Å². The molecule has 4 heteroatoms. The van der Waals surface area contributed by atoms with Crippen LogP contribution in [0.1, 0.15) is 19.7 Å². The van der Waals surface area contributed by atoms with Gasteiger partial charge in [0.05, 0.1) is 18.0 Å². The Hall–Kier alpha value is -2.88. The van der Waals surface area contributed by atoms with Gasteiger partial charge in [-0.3, -0.25) is 4.79 Å². The van der Waals surface area contributed by atoms with Crippen LogP contribution in [0.25, 0.3) is 22.5 Å². The van der Waals surface area contributed by atoms with E-state index in [-0.39, 0.29) is 12.4 Å². The molecule has 0 aliphatic heterocycles. The molecule has 25 heavy (non-hydrogen) atoms. The van der Waals surface area contributed by atoms with Crippen LogP contribution in [0.4, 0.5) is 0 Å². The monoisotopic (exact) mass is 334 g/mol. The third-order valence-electron chi connectivity index (χ3n) is 3.75. The molecule has 1 N–H and O–H groups in total. The molecule has 0 atom stereocenters. The van der Waals surface area contributed by atoms with E-state index in [9.17, 15) is 4.79 Å². The van der Waals surface area contributed by atoms with Crippen LogP contribution in [0.5, 0.6) is 0 Å². The number of carbonyl (C=O) groups excluding carboxylic acids is 1. The molecule has 128 valence electrons. The Morgan fingerprint density at radius 1 is 1.00 bits per heavy atom. The highest BCUT2D eigenvalue weighted by atomic mass is 16.5. The van der Waals surface area contributed by atoms with Crippen molar-refractivity contribution >= 4 is 5.97 Å². The van der Waals surface area contributed by atoms with Gasteiger partial charge in [0.15, 0.2) is 0 Å². The lowest BCUT2D eigenvalue weighted by Crippen LogP contribution is -2.12. The zero-order valence-electron chi connectivity index (χ0n) is 14.5. The van der Waals surface area contributed by atoms with Crippen molar-refractivity contribution in [2.75, 3.05) is 6.61 Å². The van der Waals surface area contributed by atoms with Crippen molar-refractivity contribution in [2.24, 2.45) is 5.92 Å². The molecular weight excluding hydrogens is 312 g/mol. The van der Waals surface area contributed by atoms with Gasteiger partial charge in [-0.15, -0.1) is 0 Å². The minimum absolute atomic E-state index is 0.138. The van der Waals surface area contributed by atoms with Gasteiger partial charge in [-0.25, -0.2) is 4.98 Å². The van der Waals surface area contributed by atoms with Gasteiger partial charge in [0.2, 0.25) is 0 Å². The van der Waals surface area contributed by atoms with Crippen LogP contribution in [0.2, 0.25) is 0 Å². The number of hydrogen-bond acceptors (Lipinski definition) is 3. The summed E-state index contributed by atoms with van der Waals surface area (Å²) < 4.78 is 5.27. The first-order valence-electron chi connectivity index (χ1n) is 8.49. The molecule has 0 radical (unpaired) electrons. The third-order valence-corrected chi connectivity index (χ3v) is 3.75. The van der Waals surface area contributed by atoms with Crippen LogP contribution in [-0.4, -0.2) is 22.5 Å². The molecule has 0 amide bonds. The Balaban J connectivity index is 1.91. The Labute approximate surface area is 147 Å². The Morgan fingerprint density at radius 2 is 1.60 bits per heavy atom. The molecule has 3 rings (SSSR count). The number of nitrogens with one attached hydrogen (secondary N) is 1. The largest absolute Gasteiger partial charge is 0.465 e. The average molecular weight is 334 g/mol. The fraction of sp³-hybridized carbons (Fsp3) is 0.238. The van der Waals surface area contributed by atoms with E-state index in [1.165, 1.54) is 0 Å². The number of hydrogen-bond donors (Lipinski definition) is 1. The second-order valence-corrected chi connectivity index (χ2v) is 6.39. The second kappa shape index (κ2) is 7.79. The van der Waals surface area contributed by atoms with E-state index < -0.39 is 0 Å². The summed E-state index contributed by atoms with van der Waals surface area (Å²) in [7, 11) is 0. The summed E-state index contributed by atoms with van der Waals surface area (Å²) in [6.45, 7) is 4.46. The van der Waals surface area contributed by atoms with E-state index in [0.29, 0.717) is 18.3 Å². The number of aromatic nitrogens is 2. The second-order valence-electron chi connectivity index (χ2n) is 6.39. The van der Waals surface area contributed by atoms with Crippen molar-refractivity contribution in [2.45, 2.75) is 20.3 Å². The van der Waals surface area contributed by atoms with Gasteiger partial charge in [-0.05, 0) is 5.92 Å². The molecule has 0 aliphatic carbocycles. The summed E-state index contributed by atoms with van der Waals surface area (Å²) in [4.78, 5) is 20.0. The van der Waals surface area contributed by atoms with Gasteiger partial charge >= 0.3 is 5.97 Å². The van der Waals surface area contributed by atoms with Crippen LogP contribution in [0.3, 0.4) is 0 Å². The highest BCUT2D eigenvalue weighted by molar-refractivity contribution is 5.79. The molecule has 0 unspecified atom stereocenters. The van der Waals surface area contributed by atoms with E-state index in [4.69, 9.17) is 4.74 Å². The molecule has 0 aliphatic rings. The molecule has 0 saturated heterocycles. The maximum absolute atomic E-state index is 12.0. The molecule has 2 aromatic carbocycles. The van der Waals surface area contributed by atoms with Crippen molar-refractivity contribution < 1.29 is 9.53 Å². The number of esters is 1. The highest BCUT2D eigenvalue weighted by Gasteiger charge is 2.16. The first-order chi connectivity index (χ1) is 12.1. The van der Waals surface area contributed by atoms with Gasteiger partial charge in [-0.1, -0.05) is 74.5 Å². The SMILES string of the molecule is CC(C)COC(=O)Cc1nc(-c2ccccc2)c(-c2ccccc2)[nH]1. The lowest BCUT2D eigenvalue weighted by molar-refractivity contribution is -0.144. The lowest BCUT2D eigenvalue weighted by Gasteiger charge is -2.05. The summed E-state index contributed by atoms with van der Waals surface area (Å²) >= 11 is 0. The van der Waals surface area contributed by atoms with Crippen LogP contribution in [0, 0.1) is 5.92 Å². The summed E-state index contributed by atoms with van der Waals surface area (Å²) in [6, 6.07) is 20.0. The van der Waals surface area contributed by atoms with Gasteiger partial charge in [-0.2, -0.15) is 0 Å². The lowest BCUT2D eigenvalue weighted by atomic mass is 10.1. The molecule has 0 spiro atoms. The topological polar surface area (TPSA) is 55.0 Å². The predicted molar refractivity (Wildman–Crippen MR) is 99.0 cm³/mol. The number of carbonyl (C=O) groups is 1. The van der Waals surface area contributed by atoms with Crippen LogP contribution in [0.15, 0.2) is 60.7 Å². The minimum Gasteiger partial charge on any atom is -0.465 e. The standard InChI is InChI=1S/C21H22N2O2/c1-15(2)14-25-19(24)13-18-22-20(16-9-5-3-6-10-16)21(23-18)17-11-7-4-8-12-17/h3-12,15H,13-14H2,1-2H3,(H,22,23). The molecule has 1 aromatic heterocycles. The molecule has 0 bridgehead atoms. The van der Waals surface area contributed by atoms with Crippen molar-refractivity contribution in [3.8, 4) is 22.5 Å². The number of benzene rings is 2. The van der Waals surface area contributed by atoms with Crippen LogP contribution in [-0.2, 0) is 16.0 Å². The fourth-order valence-corrected chi connectivity index (χ4v) is 2.57. The Morgan fingerprint density at radius 3 is 2.20 bits per heavy atom. The van der Waals surface area contributed by atoms with Crippen LogP contribution >= 0.6 is 0 Å². The molecule has 0 fully saturated rings. The Bertz CT molecular complexity index is 767. The zero-order chi connectivity index (χ0) is 17.6. The maximum Gasteiger partial charge on any atom is 0.313 e. The molecule has 3 aromatic rings. The number of imidazole rings is 1. The number of ether oxygens (including phenoxy) is 1. The quantitative estimate of drug-likeness (QED) is 0.676. The highest BCUT2D eigenvalue weighted by Crippen LogP contribution is 2.30. The van der Waals surface area contributed by atoms with E-state index in [1.807, 2.05) is 74.5 Å². The minimum atomic E-state index is -0.262. The van der Waals surface area contributed by atoms with Gasteiger partial charge in [0, 0.05) is 11.1 Å². The summed E-state index contributed by atoms with van der Waals surface area (Å²) in [5.74, 6) is 0.674. The third kappa shape index (κ3) is 4.35. The normalized spacial score (nSPS) is 10.8. The van der Waals surface area contributed by atoms with Crippen molar-refractivity contribution in [1.29, 1.82) is 0 Å². The summed E-state index contributed by atoms with van der Waals surface area (Å²) in [5, 5.41) is 0. The van der Waals surface area contributed by atoms with E-state index >= 15 is 0 Å².